The lowest BCUT2D eigenvalue weighted by Crippen LogP contribution is -2.21. The zero-order valence-electron chi connectivity index (χ0n) is 18.8. The van der Waals surface area contributed by atoms with Gasteiger partial charge in [-0.1, -0.05) is 36.4 Å². The van der Waals surface area contributed by atoms with Crippen LogP contribution < -0.4 is 15.8 Å². The van der Waals surface area contributed by atoms with Gasteiger partial charge < -0.3 is 15.8 Å². The second kappa shape index (κ2) is 9.21. The Bertz CT molecular complexity index is 1350. The van der Waals surface area contributed by atoms with Gasteiger partial charge in [0.15, 0.2) is 5.78 Å². The molecule has 6 nitrogen and oxygen atoms in total. The highest BCUT2D eigenvalue weighted by Crippen LogP contribution is 2.31. The van der Waals surface area contributed by atoms with Crippen LogP contribution in [0.15, 0.2) is 73.1 Å². The average molecular weight is 457 g/mol. The van der Waals surface area contributed by atoms with Crippen LogP contribution >= 0.6 is 0 Å². The number of carbonyl (C=O) groups excluding carboxylic acids is 1. The van der Waals surface area contributed by atoms with E-state index in [1.807, 2.05) is 54.6 Å². The van der Waals surface area contributed by atoms with Crippen LogP contribution in [0.1, 0.15) is 39.8 Å². The molecule has 34 heavy (non-hydrogen) atoms. The van der Waals surface area contributed by atoms with E-state index in [0.717, 1.165) is 28.1 Å². The van der Waals surface area contributed by atoms with E-state index in [0.29, 0.717) is 30.0 Å². The highest BCUT2D eigenvalue weighted by Gasteiger charge is 2.29. The van der Waals surface area contributed by atoms with Crippen molar-refractivity contribution < 1.29 is 13.9 Å². The smallest absolute Gasteiger partial charge is 0.183 e. The van der Waals surface area contributed by atoms with Crippen LogP contribution in [0.5, 0.6) is 5.75 Å². The van der Waals surface area contributed by atoms with Gasteiger partial charge in [0.1, 0.15) is 23.6 Å². The van der Waals surface area contributed by atoms with E-state index >= 15 is 4.39 Å². The van der Waals surface area contributed by atoms with E-state index in [4.69, 9.17) is 10.5 Å². The lowest BCUT2D eigenvalue weighted by atomic mass is 9.95. The molecular weight excluding hydrogens is 431 g/mol. The van der Waals surface area contributed by atoms with E-state index in [9.17, 15) is 4.79 Å². The van der Waals surface area contributed by atoms with E-state index < -0.39 is 6.04 Å². The van der Waals surface area contributed by atoms with Gasteiger partial charge in [0, 0.05) is 36.8 Å². The molecule has 0 bridgehead atoms. The monoisotopic (exact) mass is 456 g/mol. The van der Waals surface area contributed by atoms with Crippen molar-refractivity contribution in [3.63, 3.8) is 0 Å². The summed E-state index contributed by atoms with van der Waals surface area (Å²) in [6.07, 6.45) is 1.78. The van der Waals surface area contributed by atoms with Crippen molar-refractivity contribution in [1.82, 2.24) is 14.9 Å². The van der Waals surface area contributed by atoms with Crippen LogP contribution in [0.4, 0.5) is 4.39 Å². The minimum atomic E-state index is -0.454. The maximum atomic E-state index is 15.3. The third kappa shape index (κ3) is 4.00. The molecule has 0 aliphatic carbocycles. The van der Waals surface area contributed by atoms with Crippen LogP contribution in [0.25, 0.3) is 16.8 Å². The zero-order chi connectivity index (χ0) is 23.7. The lowest BCUT2D eigenvalue weighted by molar-refractivity contribution is 0.0966. The number of hydrogen-bond donors (Lipinski definition) is 2. The number of fused-ring (bicyclic) bond motifs is 1. The Morgan fingerprint density at radius 3 is 2.68 bits per heavy atom. The minimum Gasteiger partial charge on any atom is -0.497 e. The molecule has 3 aromatic carbocycles. The molecule has 1 atom stereocenters. The van der Waals surface area contributed by atoms with E-state index in [2.05, 4.69) is 10.3 Å². The van der Waals surface area contributed by atoms with Gasteiger partial charge in [-0.15, -0.1) is 0 Å². The van der Waals surface area contributed by atoms with Crippen LogP contribution in [0.3, 0.4) is 0 Å². The molecule has 5 rings (SSSR count). The number of ether oxygens (including phenoxy) is 1. The fraction of sp³-hybridized carbons (Fsp3) is 0.185. The molecule has 1 unspecified atom stereocenters. The number of nitrogens with one attached hydrogen (secondary N) is 1. The summed E-state index contributed by atoms with van der Waals surface area (Å²) >= 11 is 0. The summed E-state index contributed by atoms with van der Waals surface area (Å²) < 4.78 is 22.3. The molecule has 0 radical (unpaired) electrons. The van der Waals surface area contributed by atoms with Gasteiger partial charge in [-0.2, -0.15) is 0 Å². The molecule has 7 heteroatoms. The van der Waals surface area contributed by atoms with E-state index in [-0.39, 0.29) is 18.0 Å². The molecule has 1 aromatic heterocycles. The number of halogens is 1. The Morgan fingerprint density at radius 2 is 1.94 bits per heavy atom. The van der Waals surface area contributed by atoms with Gasteiger partial charge in [0.2, 0.25) is 0 Å². The van der Waals surface area contributed by atoms with Gasteiger partial charge in [-0.3, -0.25) is 9.36 Å². The Hall–Kier alpha value is -3.81. The number of carbonyl (C=O) groups is 1. The number of nitrogens with zero attached hydrogens (tertiary/aromatic N) is 2. The fourth-order valence-electron chi connectivity index (χ4n) is 4.50. The van der Waals surface area contributed by atoms with Gasteiger partial charge in [0.05, 0.1) is 12.8 Å². The number of nitrogens with two attached hydrogens (primary N) is 1. The van der Waals surface area contributed by atoms with Gasteiger partial charge in [-0.05, 0) is 47.0 Å². The largest absolute Gasteiger partial charge is 0.497 e. The summed E-state index contributed by atoms with van der Waals surface area (Å²) in [6.45, 7) is 0.743. The highest BCUT2D eigenvalue weighted by atomic mass is 19.1. The first-order chi connectivity index (χ1) is 16.6. The first kappa shape index (κ1) is 22.0. The van der Waals surface area contributed by atoms with Gasteiger partial charge >= 0.3 is 0 Å². The van der Waals surface area contributed by atoms with Gasteiger partial charge in [0.25, 0.3) is 0 Å². The molecule has 0 spiro atoms. The second-order valence-corrected chi connectivity index (χ2v) is 8.27. The topological polar surface area (TPSA) is 82.2 Å². The summed E-state index contributed by atoms with van der Waals surface area (Å²) in [6, 6.07) is 19.8. The SMILES string of the molecule is COc1ccc(-n2cnc3c2C(=O)CC(c2ccc(-c4ccccc4CN)cc2F)NC3)cc1. The highest BCUT2D eigenvalue weighted by molar-refractivity contribution is 5.97. The molecule has 0 saturated carbocycles. The molecule has 1 aliphatic rings. The first-order valence-corrected chi connectivity index (χ1v) is 11.1. The van der Waals surface area contributed by atoms with Crippen molar-refractivity contribution in [2.24, 2.45) is 5.73 Å². The molecular formula is C27H25FN4O2. The molecule has 2 heterocycles. The average Bonchev–Trinajstić information content (AvgIpc) is 3.23. The maximum absolute atomic E-state index is 15.3. The number of hydrogen-bond acceptors (Lipinski definition) is 5. The normalized spacial score (nSPS) is 15.6. The molecule has 0 amide bonds. The summed E-state index contributed by atoms with van der Waals surface area (Å²) in [5.41, 5.74) is 10.9. The Kier molecular flexibility index (Phi) is 5.96. The fourth-order valence-corrected chi connectivity index (χ4v) is 4.50. The quantitative estimate of drug-likeness (QED) is 0.460. The second-order valence-electron chi connectivity index (χ2n) is 8.27. The number of aromatic nitrogens is 2. The van der Waals surface area contributed by atoms with Crippen molar-refractivity contribution >= 4 is 5.78 Å². The summed E-state index contributed by atoms with van der Waals surface area (Å²) in [5, 5.41) is 3.31. The van der Waals surface area contributed by atoms with Crippen LogP contribution in [-0.2, 0) is 13.1 Å². The number of benzene rings is 3. The van der Waals surface area contributed by atoms with Gasteiger partial charge in [-0.25, -0.2) is 9.37 Å². The summed E-state index contributed by atoms with van der Waals surface area (Å²) in [5.74, 6) is 0.290. The Morgan fingerprint density at radius 1 is 1.15 bits per heavy atom. The van der Waals surface area contributed by atoms with Crippen molar-refractivity contribution in [3.05, 3.63) is 101 Å². The van der Waals surface area contributed by atoms with Crippen LogP contribution in [-0.4, -0.2) is 22.4 Å². The molecule has 0 saturated heterocycles. The van der Waals surface area contributed by atoms with Crippen LogP contribution in [0, 0.1) is 5.82 Å². The third-order valence-corrected chi connectivity index (χ3v) is 6.29. The van der Waals surface area contributed by atoms with Crippen molar-refractivity contribution in [3.8, 4) is 22.6 Å². The van der Waals surface area contributed by atoms with E-state index in [1.165, 1.54) is 6.07 Å². The standard InChI is InChI=1S/C27H25FN4O2/c1-34-20-9-7-19(8-10-20)32-16-31-25-15-30-24(13-26(33)27(25)32)22-11-6-17(12-23(22)28)21-5-3-2-4-18(21)14-29/h2-12,16,24,30H,13-15,29H2,1H3. The molecule has 3 N–H and O–H groups in total. The first-order valence-electron chi connectivity index (χ1n) is 11.1. The number of Topliss-reactive ketones (excluding diaryl/α,β-unsaturated/α-hetero) is 1. The molecule has 172 valence electrons. The summed E-state index contributed by atoms with van der Waals surface area (Å²) in [7, 11) is 1.61. The Labute approximate surface area is 197 Å². The zero-order valence-corrected chi connectivity index (χ0v) is 18.8. The number of methoxy groups -OCH3 is 1. The summed E-state index contributed by atoms with van der Waals surface area (Å²) in [4.78, 5) is 17.7. The maximum Gasteiger partial charge on any atom is 0.183 e. The van der Waals surface area contributed by atoms with Crippen LogP contribution in [0.2, 0.25) is 0 Å². The minimum absolute atomic E-state index is 0.0877. The molecule has 0 fully saturated rings. The predicted molar refractivity (Wildman–Crippen MR) is 128 cm³/mol. The van der Waals surface area contributed by atoms with Crippen molar-refractivity contribution in [2.75, 3.05) is 7.11 Å². The number of rotatable bonds is 5. The molecule has 1 aliphatic heterocycles. The number of imidazole rings is 1. The third-order valence-electron chi connectivity index (χ3n) is 6.29. The van der Waals surface area contributed by atoms with Crippen molar-refractivity contribution in [2.45, 2.75) is 25.6 Å². The van der Waals surface area contributed by atoms with Crippen molar-refractivity contribution in [1.29, 1.82) is 0 Å². The van der Waals surface area contributed by atoms with E-state index in [1.54, 1.807) is 24.1 Å². The Balaban J connectivity index is 1.42. The molecule has 4 aromatic rings. The predicted octanol–water partition coefficient (Wildman–Crippen LogP) is 4.56. The number of ketones is 1. The lowest BCUT2D eigenvalue weighted by Gasteiger charge is -2.18.